The van der Waals surface area contributed by atoms with Crippen LogP contribution in [-0.2, 0) is 14.9 Å². The Morgan fingerprint density at radius 1 is 0.892 bits per heavy atom. The molecule has 2 aromatic carbocycles. The second kappa shape index (κ2) is 11.1. The molecule has 0 radical (unpaired) electrons. The molecule has 0 spiro atoms. The highest BCUT2D eigenvalue weighted by atomic mass is 32.2. The van der Waals surface area contributed by atoms with Gasteiger partial charge in [0.25, 0.3) is 10.2 Å². The van der Waals surface area contributed by atoms with Crippen molar-refractivity contribution < 1.29 is 13.2 Å². The zero-order valence-corrected chi connectivity index (χ0v) is 23.6. The highest BCUT2D eigenvalue weighted by Gasteiger charge is 2.51. The van der Waals surface area contributed by atoms with Crippen molar-refractivity contribution in [3.8, 4) is 11.1 Å². The van der Waals surface area contributed by atoms with E-state index in [0.29, 0.717) is 32.8 Å². The topological polar surface area (TPSA) is 56.3 Å². The molecule has 8 heteroatoms. The number of fused-ring (bicyclic) bond motifs is 1. The lowest BCUT2D eigenvalue weighted by Crippen LogP contribution is -2.68. The fourth-order valence-electron chi connectivity index (χ4n) is 6.40. The van der Waals surface area contributed by atoms with Gasteiger partial charge in [-0.3, -0.25) is 4.90 Å². The van der Waals surface area contributed by atoms with Gasteiger partial charge >= 0.3 is 0 Å². The van der Waals surface area contributed by atoms with Gasteiger partial charge in [0.2, 0.25) is 0 Å². The van der Waals surface area contributed by atoms with Crippen LogP contribution in [0.25, 0.3) is 11.1 Å². The minimum absolute atomic E-state index is 0.161. The third-order valence-corrected chi connectivity index (χ3v) is 10.8. The van der Waals surface area contributed by atoms with Gasteiger partial charge in [-0.05, 0) is 68.1 Å². The van der Waals surface area contributed by atoms with Crippen molar-refractivity contribution in [3.63, 3.8) is 0 Å². The van der Waals surface area contributed by atoms with Crippen LogP contribution >= 0.6 is 0 Å². The first-order valence-corrected chi connectivity index (χ1v) is 15.1. The molecule has 0 amide bonds. The molecule has 3 atom stereocenters. The quantitative estimate of drug-likeness (QED) is 0.578. The molecule has 0 aliphatic carbocycles. The normalized spacial score (nSPS) is 26.8. The van der Waals surface area contributed by atoms with E-state index in [0.717, 1.165) is 32.5 Å². The lowest BCUT2D eigenvalue weighted by molar-refractivity contribution is -0.0639. The molecule has 37 heavy (non-hydrogen) atoms. The first-order chi connectivity index (χ1) is 17.8. The molecule has 7 nitrogen and oxygen atoms in total. The van der Waals surface area contributed by atoms with Crippen molar-refractivity contribution in [2.24, 2.45) is 0 Å². The highest BCUT2D eigenvalue weighted by molar-refractivity contribution is 7.86. The lowest BCUT2D eigenvalue weighted by atomic mass is 9.74. The summed E-state index contributed by atoms with van der Waals surface area (Å²) in [6.07, 6.45) is 1.90. The van der Waals surface area contributed by atoms with Crippen molar-refractivity contribution >= 4 is 10.2 Å². The van der Waals surface area contributed by atoms with Gasteiger partial charge < -0.3 is 9.64 Å². The molecule has 0 aromatic heterocycles. The summed E-state index contributed by atoms with van der Waals surface area (Å²) < 4.78 is 36.5. The Hall–Kier alpha value is -1.81. The highest BCUT2D eigenvalue weighted by Crippen LogP contribution is 2.43. The van der Waals surface area contributed by atoms with Crippen LogP contribution in [0.3, 0.4) is 0 Å². The predicted octanol–water partition coefficient (Wildman–Crippen LogP) is 3.34. The smallest absolute Gasteiger partial charge is 0.282 e. The van der Waals surface area contributed by atoms with Gasteiger partial charge in [0, 0.05) is 64.4 Å². The number of rotatable bonds is 6. The fraction of sp³-hybridized carbons (Fsp3) is 0.586. The number of nitrogens with zero attached hydrogens (tertiary/aromatic N) is 4. The molecule has 0 N–H and O–H groups in total. The molecule has 3 saturated heterocycles. The molecule has 3 fully saturated rings. The van der Waals surface area contributed by atoms with Gasteiger partial charge in [-0.25, -0.2) is 0 Å². The molecule has 3 heterocycles. The van der Waals surface area contributed by atoms with E-state index in [1.165, 1.54) is 27.8 Å². The van der Waals surface area contributed by atoms with Gasteiger partial charge in [-0.15, -0.1) is 0 Å². The zero-order chi connectivity index (χ0) is 26.2. The van der Waals surface area contributed by atoms with Crippen LogP contribution in [0.2, 0.25) is 0 Å². The molecule has 2 aromatic rings. The van der Waals surface area contributed by atoms with E-state index in [1.807, 2.05) is 0 Å². The lowest BCUT2D eigenvalue weighted by Gasteiger charge is -2.57. The standard InChI is InChI=1S/C29H42N4O3S/c1-22-8-7-9-26(23(22)2)24-10-12-25(13-11-24)29-27-20-32(14-5-6-15-33(27)28(29)21-36-4)37(34,35)31-18-16-30(3)17-19-31/h7-13,27-29H,5-6,14-21H2,1-4H3/t27-,28+,29?/m0/s1. The summed E-state index contributed by atoms with van der Waals surface area (Å²) in [5.74, 6) is 0.246. The zero-order valence-electron chi connectivity index (χ0n) is 22.8. The number of aryl methyl sites for hydroxylation is 1. The van der Waals surface area contributed by atoms with Gasteiger partial charge in [0.05, 0.1) is 6.61 Å². The molecular weight excluding hydrogens is 484 g/mol. The fourth-order valence-corrected chi connectivity index (χ4v) is 8.05. The van der Waals surface area contributed by atoms with E-state index < -0.39 is 10.2 Å². The largest absolute Gasteiger partial charge is 0.383 e. The minimum Gasteiger partial charge on any atom is -0.383 e. The van der Waals surface area contributed by atoms with E-state index in [-0.39, 0.29) is 18.0 Å². The molecular formula is C29H42N4O3S. The summed E-state index contributed by atoms with van der Waals surface area (Å²) >= 11 is 0. The number of piperazine rings is 1. The Bertz CT molecular complexity index is 1180. The summed E-state index contributed by atoms with van der Waals surface area (Å²) in [7, 11) is 0.345. The average Bonchev–Trinajstić information content (AvgIpc) is 2.87. The SMILES string of the molecule is COC[C@@H]1C(c2ccc(-c3cccc(C)c3C)cc2)[C@@H]2CN(S(=O)(=O)N3CCN(C)CC3)CCCCN12. The van der Waals surface area contributed by atoms with E-state index in [4.69, 9.17) is 4.74 Å². The third kappa shape index (κ3) is 5.24. The predicted molar refractivity (Wildman–Crippen MR) is 149 cm³/mol. The van der Waals surface area contributed by atoms with Gasteiger partial charge in [-0.2, -0.15) is 17.0 Å². The maximum Gasteiger partial charge on any atom is 0.282 e. The summed E-state index contributed by atoms with van der Waals surface area (Å²) in [4.78, 5) is 4.69. The van der Waals surface area contributed by atoms with Crippen molar-refractivity contribution in [3.05, 3.63) is 59.2 Å². The second-order valence-corrected chi connectivity index (χ2v) is 12.9. The van der Waals surface area contributed by atoms with Crippen LogP contribution in [0, 0.1) is 13.8 Å². The van der Waals surface area contributed by atoms with Gasteiger partial charge in [0.1, 0.15) is 0 Å². The minimum atomic E-state index is -3.48. The first-order valence-electron chi connectivity index (χ1n) is 13.7. The van der Waals surface area contributed by atoms with Crippen LogP contribution in [-0.4, -0.2) is 105 Å². The van der Waals surface area contributed by atoms with Gasteiger partial charge in [-0.1, -0.05) is 42.5 Å². The second-order valence-electron chi connectivity index (χ2n) is 11.0. The molecule has 0 bridgehead atoms. The van der Waals surface area contributed by atoms with Gasteiger partial charge in [0.15, 0.2) is 0 Å². The molecule has 1 unspecified atom stereocenters. The van der Waals surface area contributed by atoms with Crippen molar-refractivity contribution in [2.75, 3.05) is 66.6 Å². The maximum atomic E-state index is 13.7. The molecule has 3 aliphatic heterocycles. The summed E-state index contributed by atoms with van der Waals surface area (Å²) in [5, 5.41) is 0. The Morgan fingerprint density at radius 3 is 2.30 bits per heavy atom. The van der Waals surface area contributed by atoms with E-state index in [9.17, 15) is 8.42 Å². The van der Waals surface area contributed by atoms with Crippen LogP contribution in [0.5, 0.6) is 0 Å². The monoisotopic (exact) mass is 526 g/mol. The molecule has 5 rings (SSSR count). The van der Waals surface area contributed by atoms with Crippen molar-refractivity contribution in [1.29, 1.82) is 0 Å². The Labute approximate surface area is 223 Å². The summed E-state index contributed by atoms with van der Waals surface area (Å²) in [6, 6.07) is 15.8. The first kappa shape index (κ1) is 26.8. The van der Waals surface area contributed by atoms with Crippen LogP contribution in [0.4, 0.5) is 0 Å². The molecule has 202 valence electrons. The number of benzene rings is 2. The van der Waals surface area contributed by atoms with E-state index >= 15 is 0 Å². The maximum absolute atomic E-state index is 13.7. The van der Waals surface area contributed by atoms with E-state index in [1.54, 1.807) is 15.7 Å². The number of hydrogen-bond acceptors (Lipinski definition) is 5. The Balaban J connectivity index is 1.40. The van der Waals surface area contributed by atoms with Crippen LogP contribution < -0.4 is 0 Å². The summed E-state index contributed by atoms with van der Waals surface area (Å²) in [5.41, 5.74) is 6.38. The average molecular weight is 527 g/mol. The number of hydrogen-bond donors (Lipinski definition) is 0. The Kier molecular flexibility index (Phi) is 8.05. The molecule has 0 saturated carbocycles. The van der Waals surface area contributed by atoms with Crippen molar-refractivity contribution in [2.45, 2.75) is 44.7 Å². The molecule has 3 aliphatic rings. The van der Waals surface area contributed by atoms with Crippen molar-refractivity contribution in [1.82, 2.24) is 18.4 Å². The number of ether oxygens (including phenoxy) is 1. The van der Waals surface area contributed by atoms with E-state index in [2.05, 4.69) is 73.2 Å². The number of methoxy groups -OCH3 is 1. The van der Waals surface area contributed by atoms with Crippen LogP contribution in [0.1, 0.15) is 35.4 Å². The van der Waals surface area contributed by atoms with Crippen LogP contribution in [0.15, 0.2) is 42.5 Å². The summed E-state index contributed by atoms with van der Waals surface area (Å²) in [6.45, 7) is 9.84. The number of likely N-dealkylation sites (N-methyl/N-ethyl adjacent to an activating group) is 1. The Morgan fingerprint density at radius 2 is 1.59 bits per heavy atom. The third-order valence-electron chi connectivity index (χ3n) is 8.81.